The number of methoxy groups -OCH3 is 1. The largest absolute Gasteiger partial charge is 0.385 e. The molecule has 0 saturated carbocycles. The Balaban J connectivity index is 2.59. The van der Waals surface area contributed by atoms with Crippen LogP contribution in [-0.2, 0) is 4.74 Å². The Labute approximate surface area is 95.6 Å². The van der Waals surface area contributed by atoms with E-state index in [1.54, 1.807) is 7.11 Å². The Hall–Kier alpha value is -1.36. The molecule has 1 heterocycles. The van der Waals surface area contributed by atoms with Gasteiger partial charge in [0.15, 0.2) is 0 Å². The normalized spacial score (nSPS) is 12.5. The molecule has 1 amide bonds. The van der Waals surface area contributed by atoms with Crippen LogP contribution in [0.15, 0.2) is 0 Å². The van der Waals surface area contributed by atoms with E-state index in [4.69, 9.17) is 4.74 Å². The Morgan fingerprint density at radius 1 is 1.56 bits per heavy atom. The number of H-pyrrole nitrogens is 1. The molecule has 0 aliphatic carbocycles. The molecular weight excluding hydrogens is 206 g/mol. The number of nitrogens with zero attached hydrogens (tertiary/aromatic N) is 1. The lowest BCUT2D eigenvalue weighted by Crippen LogP contribution is -2.33. The second-order valence-electron chi connectivity index (χ2n) is 3.97. The monoisotopic (exact) mass is 225 g/mol. The average Bonchev–Trinajstić information content (AvgIpc) is 2.55. The lowest BCUT2D eigenvalue weighted by molar-refractivity contribution is 0.0928. The molecule has 1 rings (SSSR count). The van der Waals surface area contributed by atoms with Crippen molar-refractivity contribution in [2.24, 2.45) is 0 Å². The van der Waals surface area contributed by atoms with Crippen molar-refractivity contribution in [1.82, 2.24) is 15.5 Å². The summed E-state index contributed by atoms with van der Waals surface area (Å²) in [6, 6.07) is 0.0983. The highest BCUT2D eigenvalue weighted by atomic mass is 16.5. The van der Waals surface area contributed by atoms with E-state index in [0.29, 0.717) is 12.2 Å². The summed E-state index contributed by atoms with van der Waals surface area (Å²) in [5.41, 5.74) is 2.17. The summed E-state index contributed by atoms with van der Waals surface area (Å²) in [7, 11) is 1.65. The van der Waals surface area contributed by atoms with E-state index in [1.165, 1.54) is 0 Å². The summed E-state index contributed by atoms with van der Waals surface area (Å²) < 4.78 is 4.96. The number of aromatic amines is 1. The van der Waals surface area contributed by atoms with Gasteiger partial charge in [0, 0.05) is 25.5 Å². The SMILES string of the molecule is COCCC(C)NC(=O)c1c(C)n[nH]c1C. The first-order chi connectivity index (χ1) is 7.56. The van der Waals surface area contributed by atoms with Crippen molar-refractivity contribution in [3.05, 3.63) is 17.0 Å². The molecule has 90 valence electrons. The molecule has 0 radical (unpaired) electrons. The van der Waals surface area contributed by atoms with Crippen molar-refractivity contribution in [3.8, 4) is 0 Å². The Bertz CT molecular complexity index is 341. The van der Waals surface area contributed by atoms with Gasteiger partial charge in [0.1, 0.15) is 0 Å². The van der Waals surface area contributed by atoms with Crippen LogP contribution in [0, 0.1) is 13.8 Å². The van der Waals surface area contributed by atoms with Gasteiger partial charge in [-0.15, -0.1) is 0 Å². The Morgan fingerprint density at radius 2 is 2.25 bits per heavy atom. The number of hydrogen-bond donors (Lipinski definition) is 2. The van der Waals surface area contributed by atoms with Crippen LogP contribution in [0.1, 0.15) is 35.1 Å². The fourth-order valence-corrected chi connectivity index (χ4v) is 1.55. The maximum Gasteiger partial charge on any atom is 0.255 e. The van der Waals surface area contributed by atoms with Gasteiger partial charge >= 0.3 is 0 Å². The summed E-state index contributed by atoms with van der Waals surface area (Å²) in [6.07, 6.45) is 0.804. The smallest absolute Gasteiger partial charge is 0.255 e. The van der Waals surface area contributed by atoms with Crippen LogP contribution in [0.2, 0.25) is 0 Å². The van der Waals surface area contributed by atoms with Gasteiger partial charge < -0.3 is 10.1 Å². The van der Waals surface area contributed by atoms with E-state index in [-0.39, 0.29) is 11.9 Å². The predicted octanol–water partition coefficient (Wildman–Crippen LogP) is 1.18. The maximum atomic E-state index is 11.9. The van der Waals surface area contributed by atoms with Gasteiger partial charge in [-0.1, -0.05) is 0 Å². The third-order valence-electron chi connectivity index (χ3n) is 2.49. The first-order valence-corrected chi connectivity index (χ1v) is 5.37. The Kier molecular flexibility index (Phi) is 4.49. The van der Waals surface area contributed by atoms with Gasteiger partial charge in [0.25, 0.3) is 5.91 Å². The van der Waals surface area contributed by atoms with Crippen LogP contribution in [0.4, 0.5) is 0 Å². The molecule has 0 bridgehead atoms. The van der Waals surface area contributed by atoms with Crippen molar-refractivity contribution in [2.45, 2.75) is 33.2 Å². The first-order valence-electron chi connectivity index (χ1n) is 5.37. The third kappa shape index (κ3) is 3.06. The lowest BCUT2D eigenvalue weighted by Gasteiger charge is -2.13. The van der Waals surface area contributed by atoms with Crippen LogP contribution >= 0.6 is 0 Å². The van der Waals surface area contributed by atoms with Crippen LogP contribution < -0.4 is 5.32 Å². The van der Waals surface area contributed by atoms with E-state index >= 15 is 0 Å². The molecule has 1 unspecified atom stereocenters. The number of amides is 1. The molecule has 5 nitrogen and oxygen atoms in total. The molecule has 0 saturated heterocycles. The number of ether oxygens (including phenoxy) is 1. The molecule has 5 heteroatoms. The minimum absolute atomic E-state index is 0.0765. The summed E-state index contributed by atoms with van der Waals surface area (Å²) in [4.78, 5) is 11.9. The summed E-state index contributed by atoms with van der Waals surface area (Å²) in [6.45, 7) is 6.26. The Morgan fingerprint density at radius 3 is 2.75 bits per heavy atom. The topological polar surface area (TPSA) is 67.0 Å². The van der Waals surface area contributed by atoms with E-state index in [1.807, 2.05) is 20.8 Å². The molecule has 2 N–H and O–H groups in total. The standard InChI is InChI=1S/C11H19N3O2/c1-7(5-6-16-4)12-11(15)10-8(2)13-14-9(10)3/h7H,5-6H2,1-4H3,(H,12,15)(H,13,14). The number of hydrogen-bond acceptors (Lipinski definition) is 3. The second-order valence-corrected chi connectivity index (χ2v) is 3.97. The number of nitrogens with one attached hydrogen (secondary N) is 2. The fourth-order valence-electron chi connectivity index (χ4n) is 1.55. The summed E-state index contributed by atoms with van der Waals surface area (Å²) in [5.74, 6) is -0.0765. The fraction of sp³-hybridized carbons (Fsp3) is 0.636. The molecule has 0 spiro atoms. The third-order valence-corrected chi connectivity index (χ3v) is 2.49. The molecule has 0 aliphatic heterocycles. The number of carbonyl (C=O) groups is 1. The number of aromatic nitrogens is 2. The molecule has 1 aromatic rings. The van der Waals surface area contributed by atoms with Crippen molar-refractivity contribution < 1.29 is 9.53 Å². The van der Waals surface area contributed by atoms with Crippen LogP contribution in [-0.4, -0.2) is 35.9 Å². The summed E-state index contributed by atoms with van der Waals surface area (Å²) >= 11 is 0. The molecule has 1 atom stereocenters. The van der Waals surface area contributed by atoms with Gasteiger partial charge in [0.2, 0.25) is 0 Å². The zero-order valence-corrected chi connectivity index (χ0v) is 10.3. The van der Waals surface area contributed by atoms with Crippen molar-refractivity contribution in [3.63, 3.8) is 0 Å². The van der Waals surface area contributed by atoms with Gasteiger partial charge in [-0.25, -0.2) is 0 Å². The number of aryl methyl sites for hydroxylation is 2. The first kappa shape index (κ1) is 12.7. The van der Waals surface area contributed by atoms with Crippen molar-refractivity contribution in [1.29, 1.82) is 0 Å². The van der Waals surface area contributed by atoms with E-state index in [9.17, 15) is 4.79 Å². The molecule has 0 aromatic carbocycles. The second kappa shape index (κ2) is 5.65. The molecule has 0 aliphatic rings. The van der Waals surface area contributed by atoms with Gasteiger partial charge in [-0.3, -0.25) is 9.89 Å². The predicted molar refractivity (Wildman–Crippen MR) is 61.5 cm³/mol. The highest BCUT2D eigenvalue weighted by Gasteiger charge is 2.16. The summed E-state index contributed by atoms with van der Waals surface area (Å²) in [5, 5.41) is 9.71. The zero-order chi connectivity index (χ0) is 12.1. The van der Waals surface area contributed by atoms with Crippen molar-refractivity contribution >= 4 is 5.91 Å². The van der Waals surface area contributed by atoms with Crippen molar-refractivity contribution in [2.75, 3.05) is 13.7 Å². The van der Waals surface area contributed by atoms with Crippen LogP contribution in [0.3, 0.4) is 0 Å². The molecule has 16 heavy (non-hydrogen) atoms. The molecule has 0 fully saturated rings. The average molecular weight is 225 g/mol. The molecule has 1 aromatic heterocycles. The minimum atomic E-state index is -0.0765. The highest BCUT2D eigenvalue weighted by Crippen LogP contribution is 2.09. The van der Waals surface area contributed by atoms with Gasteiger partial charge in [-0.05, 0) is 27.2 Å². The highest BCUT2D eigenvalue weighted by molar-refractivity contribution is 5.96. The van der Waals surface area contributed by atoms with Gasteiger partial charge in [-0.2, -0.15) is 5.10 Å². The van der Waals surface area contributed by atoms with E-state index < -0.39 is 0 Å². The minimum Gasteiger partial charge on any atom is -0.385 e. The van der Waals surface area contributed by atoms with Crippen LogP contribution in [0.5, 0.6) is 0 Å². The number of carbonyl (C=O) groups excluding carboxylic acids is 1. The maximum absolute atomic E-state index is 11.9. The van der Waals surface area contributed by atoms with Crippen LogP contribution in [0.25, 0.3) is 0 Å². The lowest BCUT2D eigenvalue weighted by atomic mass is 10.1. The van der Waals surface area contributed by atoms with E-state index in [0.717, 1.165) is 17.8 Å². The molecular formula is C11H19N3O2. The quantitative estimate of drug-likeness (QED) is 0.790. The van der Waals surface area contributed by atoms with E-state index in [2.05, 4.69) is 15.5 Å². The zero-order valence-electron chi connectivity index (χ0n) is 10.3. The number of rotatable bonds is 5. The van der Waals surface area contributed by atoms with Gasteiger partial charge in [0.05, 0.1) is 11.3 Å².